The Morgan fingerprint density at radius 1 is 1.35 bits per heavy atom. The molecule has 7 nitrogen and oxygen atoms in total. The van der Waals surface area contributed by atoms with E-state index in [4.69, 9.17) is 9.78 Å². The zero-order chi connectivity index (χ0) is 16.4. The standard InChI is InChI=1S/C15H16N4O3S/c1-11-17-15(22-18-11)13-3-2-8-19(10-13)23(20,21)14-6-4-12(9-16)5-7-14/h4-7,13H,2-3,8,10H2,1H3/t13-/m0/s1. The number of piperidine rings is 1. The second-order valence-electron chi connectivity index (χ2n) is 5.52. The Morgan fingerprint density at radius 2 is 2.09 bits per heavy atom. The quantitative estimate of drug-likeness (QED) is 0.850. The zero-order valence-electron chi connectivity index (χ0n) is 12.6. The molecular weight excluding hydrogens is 316 g/mol. The second-order valence-corrected chi connectivity index (χ2v) is 7.46. The van der Waals surface area contributed by atoms with Crippen LogP contribution in [0.15, 0.2) is 33.7 Å². The van der Waals surface area contributed by atoms with Gasteiger partial charge in [0.1, 0.15) is 0 Å². The molecule has 1 saturated heterocycles. The van der Waals surface area contributed by atoms with Crippen molar-refractivity contribution >= 4 is 10.0 Å². The van der Waals surface area contributed by atoms with Crippen molar-refractivity contribution in [3.8, 4) is 6.07 Å². The largest absolute Gasteiger partial charge is 0.339 e. The summed E-state index contributed by atoms with van der Waals surface area (Å²) < 4.78 is 32.1. The van der Waals surface area contributed by atoms with Crippen LogP contribution in [0.4, 0.5) is 0 Å². The molecule has 8 heteroatoms. The molecule has 0 spiro atoms. The van der Waals surface area contributed by atoms with Gasteiger partial charge in [-0.2, -0.15) is 14.6 Å². The van der Waals surface area contributed by atoms with Crippen molar-refractivity contribution in [3.63, 3.8) is 0 Å². The topological polar surface area (TPSA) is 100 Å². The van der Waals surface area contributed by atoms with Gasteiger partial charge in [-0.1, -0.05) is 5.16 Å². The molecule has 23 heavy (non-hydrogen) atoms. The molecule has 1 aromatic carbocycles. The molecule has 1 aliphatic heterocycles. The first-order valence-corrected chi connectivity index (χ1v) is 8.75. The third kappa shape index (κ3) is 3.11. The van der Waals surface area contributed by atoms with Gasteiger partial charge in [0, 0.05) is 13.1 Å². The van der Waals surface area contributed by atoms with E-state index in [-0.39, 0.29) is 10.8 Å². The number of sulfonamides is 1. The van der Waals surface area contributed by atoms with Crippen molar-refractivity contribution in [1.29, 1.82) is 5.26 Å². The van der Waals surface area contributed by atoms with E-state index in [9.17, 15) is 8.42 Å². The lowest BCUT2D eigenvalue weighted by atomic mass is 10.00. The van der Waals surface area contributed by atoms with Crippen LogP contribution in [-0.2, 0) is 10.0 Å². The highest BCUT2D eigenvalue weighted by molar-refractivity contribution is 7.89. The minimum atomic E-state index is -3.59. The molecule has 0 N–H and O–H groups in total. The Labute approximate surface area is 134 Å². The summed E-state index contributed by atoms with van der Waals surface area (Å²) in [6, 6.07) is 7.93. The third-order valence-electron chi connectivity index (χ3n) is 3.90. The van der Waals surface area contributed by atoms with E-state index in [1.165, 1.54) is 28.6 Å². The van der Waals surface area contributed by atoms with E-state index in [1.54, 1.807) is 6.92 Å². The highest BCUT2D eigenvalue weighted by atomic mass is 32.2. The lowest BCUT2D eigenvalue weighted by Gasteiger charge is -2.30. The van der Waals surface area contributed by atoms with Crippen LogP contribution in [-0.4, -0.2) is 36.0 Å². The summed E-state index contributed by atoms with van der Waals surface area (Å²) in [7, 11) is -3.59. The summed E-state index contributed by atoms with van der Waals surface area (Å²) in [5.74, 6) is 0.951. The normalized spacial score (nSPS) is 19.4. The summed E-state index contributed by atoms with van der Waals surface area (Å²) >= 11 is 0. The molecule has 1 fully saturated rings. The van der Waals surface area contributed by atoms with E-state index in [1.807, 2.05) is 6.07 Å². The van der Waals surface area contributed by atoms with E-state index >= 15 is 0 Å². The lowest BCUT2D eigenvalue weighted by Crippen LogP contribution is -2.39. The van der Waals surface area contributed by atoms with Crippen LogP contribution in [0.25, 0.3) is 0 Å². The van der Waals surface area contributed by atoms with Crippen LogP contribution in [0, 0.1) is 18.3 Å². The molecule has 0 amide bonds. The van der Waals surface area contributed by atoms with Gasteiger partial charge >= 0.3 is 0 Å². The van der Waals surface area contributed by atoms with E-state index in [2.05, 4.69) is 10.1 Å². The Balaban J connectivity index is 1.83. The smallest absolute Gasteiger partial charge is 0.243 e. The van der Waals surface area contributed by atoms with Crippen molar-refractivity contribution in [1.82, 2.24) is 14.4 Å². The number of nitriles is 1. The molecule has 2 aromatic rings. The first kappa shape index (κ1) is 15.6. The summed E-state index contributed by atoms with van der Waals surface area (Å²) in [5.41, 5.74) is 0.432. The molecule has 1 atom stereocenters. The maximum absolute atomic E-state index is 12.7. The maximum Gasteiger partial charge on any atom is 0.243 e. The van der Waals surface area contributed by atoms with Gasteiger partial charge in [0.25, 0.3) is 0 Å². The molecule has 1 aliphatic rings. The van der Waals surface area contributed by atoms with Gasteiger partial charge in [0.05, 0.1) is 22.4 Å². The Kier molecular flexibility index (Phi) is 4.15. The summed E-state index contributed by atoms with van der Waals surface area (Å²) in [6.07, 6.45) is 1.56. The fraction of sp³-hybridized carbons (Fsp3) is 0.400. The molecular formula is C15H16N4O3S. The van der Waals surface area contributed by atoms with Crippen LogP contribution >= 0.6 is 0 Å². The van der Waals surface area contributed by atoms with Crippen molar-refractivity contribution in [2.24, 2.45) is 0 Å². The summed E-state index contributed by atoms with van der Waals surface area (Å²) in [4.78, 5) is 4.40. The molecule has 0 radical (unpaired) electrons. The first-order chi connectivity index (χ1) is 11.0. The third-order valence-corrected chi connectivity index (χ3v) is 5.78. The van der Waals surface area contributed by atoms with Gasteiger partial charge in [0.15, 0.2) is 5.82 Å². The SMILES string of the molecule is Cc1noc([C@H]2CCCN(S(=O)(=O)c3ccc(C#N)cc3)C2)n1. The Bertz CT molecular complexity index is 836. The molecule has 0 unspecified atom stereocenters. The van der Waals surface area contributed by atoms with Crippen LogP contribution in [0.5, 0.6) is 0 Å². The van der Waals surface area contributed by atoms with Gasteiger partial charge in [-0.25, -0.2) is 8.42 Å². The average molecular weight is 332 g/mol. The lowest BCUT2D eigenvalue weighted by molar-refractivity contribution is 0.265. The molecule has 1 aromatic heterocycles. The molecule has 0 aliphatic carbocycles. The highest BCUT2D eigenvalue weighted by Gasteiger charge is 2.33. The number of rotatable bonds is 3. The van der Waals surface area contributed by atoms with Gasteiger partial charge in [-0.3, -0.25) is 0 Å². The van der Waals surface area contributed by atoms with Crippen molar-refractivity contribution in [2.45, 2.75) is 30.6 Å². The van der Waals surface area contributed by atoms with Crippen LogP contribution < -0.4 is 0 Å². The predicted molar refractivity (Wildman–Crippen MR) is 80.9 cm³/mol. The van der Waals surface area contributed by atoms with Crippen LogP contribution in [0.3, 0.4) is 0 Å². The Morgan fingerprint density at radius 3 is 2.70 bits per heavy atom. The van der Waals surface area contributed by atoms with Gasteiger partial charge in [-0.15, -0.1) is 0 Å². The highest BCUT2D eigenvalue weighted by Crippen LogP contribution is 2.29. The second kappa shape index (κ2) is 6.10. The van der Waals surface area contributed by atoms with Crippen molar-refractivity contribution in [3.05, 3.63) is 41.5 Å². The monoisotopic (exact) mass is 332 g/mol. The number of hydrogen-bond acceptors (Lipinski definition) is 6. The molecule has 2 heterocycles. The molecule has 0 bridgehead atoms. The summed E-state index contributed by atoms with van der Waals surface area (Å²) in [5, 5.41) is 12.6. The van der Waals surface area contributed by atoms with Gasteiger partial charge in [-0.05, 0) is 44.0 Å². The minimum Gasteiger partial charge on any atom is -0.339 e. The van der Waals surface area contributed by atoms with E-state index in [0.717, 1.165) is 12.8 Å². The average Bonchev–Trinajstić information content (AvgIpc) is 3.01. The summed E-state index contributed by atoms with van der Waals surface area (Å²) in [6.45, 7) is 2.52. The van der Waals surface area contributed by atoms with Crippen LogP contribution in [0.1, 0.15) is 36.0 Å². The molecule has 120 valence electrons. The maximum atomic E-state index is 12.7. The predicted octanol–water partition coefficient (Wildman–Crippen LogP) is 1.82. The van der Waals surface area contributed by atoms with Gasteiger partial charge < -0.3 is 4.52 Å². The Hall–Kier alpha value is -2.24. The number of aryl methyl sites for hydroxylation is 1. The van der Waals surface area contributed by atoms with Crippen LogP contribution in [0.2, 0.25) is 0 Å². The number of aromatic nitrogens is 2. The number of benzene rings is 1. The molecule has 0 saturated carbocycles. The van der Waals surface area contributed by atoms with Gasteiger partial charge in [0.2, 0.25) is 15.9 Å². The zero-order valence-corrected chi connectivity index (χ0v) is 13.5. The van der Waals surface area contributed by atoms with Crippen molar-refractivity contribution < 1.29 is 12.9 Å². The molecule has 3 rings (SSSR count). The number of nitrogens with zero attached hydrogens (tertiary/aromatic N) is 4. The fourth-order valence-corrected chi connectivity index (χ4v) is 4.22. The van der Waals surface area contributed by atoms with E-state index < -0.39 is 10.0 Å². The number of hydrogen-bond donors (Lipinski definition) is 0. The first-order valence-electron chi connectivity index (χ1n) is 7.31. The minimum absolute atomic E-state index is 0.0851. The van der Waals surface area contributed by atoms with E-state index in [0.29, 0.717) is 30.4 Å². The fourth-order valence-electron chi connectivity index (χ4n) is 2.69. The van der Waals surface area contributed by atoms with Crippen molar-refractivity contribution in [2.75, 3.05) is 13.1 Å².